The first kappa shape index (κ1) is 20.5. The standard InChI is InChI=1S/C25H28N6O/c1-3-18-13-22-23(29-25(18)32)11-17(14-27-22)16-30-7-9-31(10-8-30)20-12-19-5-4-6-21(26-2)24(19)28-15-20/h4-6,11-15,26H,3,7-10,16H2,1-2H3,(H,29,32). The second-order valence-corrected chi connectivity index (χ2v) is 8.34. The highest BCUT2D eigenvalue weighted by atomic mass is 16.1. The lowest BCUT2D eigenvalue weighted by Gasteiger charge is -2.36. The molecule has 164 valence electrons. The van der Waals surface area contributed by atoms with Crippen LogP contribution in [-0.4, -0.2) is 53.1 Å². The van der Waals surface area contributed by atoms with Crippen LogP contribution in [0.2, 0.25) is 0 Å². The Hall–Kier alpha value is -3.45. The van der Waals surface area contributed by atoms with Crippen molar-refractivity contribution in [2.75, 3.05) is 43.4 Å². The van der Waals surface area contributed by atoms with Crippen LogP contribution in [0.3, 0.4) is 0 Å². The summed E-state index contributed by atoms with van der Waals surface area (Å²) in [5, 5.41) is 4.36. The zero-order valence-corrected chi connectivity index (χ0v) is 18.6. The SMILES string of the molecule is CCc1cc2ncc(CN3CCN(c4cnc5c(NC)cccc5c4)CC3)cc2[nH]c1=O. The number of nitrogens with one attached hydrogen (secondary N) is 2. The van der Waals surface area contributed by atoms with E-state index in [9.17, 15) is 4.79 Å². The molecule has 1 aromatic carbocycles. The number of H-pyrrole nitrogens is 1. The fraction of sp³-hybridized carbons (Fsp3) is 0.320. The fourth-order valence-electron chi connectivity index (χ4n) is 4.46. The van der Waals surface area contributed by atoms with Gasteiger partial charge in [-0.2, -0.15) is 0 Å². The number of nitrogens with zero attached hydrogens (tertiary/aromatic N) is 4. The van der Waals surface area contributed by atoms with Crippen LogP contribution in [0.4, 0.5) is 11.4 Å². The molecule has 32 heavy (non-hydrogen) atoms. The van der Waals surface area contributed by atoms with Gasteiger partial charge in [-0.25, -0.2) is 0 Å². The number of pyridine rings is 3. The van der Waals surface area contributed by atoms with E-state index in [-0.39, 0.29) is 5.56 Å². The van der Waals surface area contributed by atoms with Crippen molar-refractivity contribution < 1.29 is 0 Å². The summed E-state index contributed by atoms with van der Waals surface area (Å²) in [7, 11) is 1.93. The zero-order valence-electron chi connectivity index (χ0n) is 18.6. The summed E-state index contributed by atoms with van der Waals surface area (Å²) in [6.07, 6.45) is 4.62. The van der Waals surface area contributed by atoms with Gasteiger partial charge in [0.05, 0.1) is 34.1 Å². The Labute approximate surface area is 187 Å². The van der Waals surface area contributed by atoms with Crippen LogP contribution in [0, 0.1) is 0 Å². The van der Waals surface area contributed by atoms with E-state index >= 15 is 0 Å². The highest BCUT2D eigenvalue weighted by molar-refractivity contribution is 5.92. The minimum atomic E-state index is -0.0154. The van der Waals surface area contributed by atoms with E-state index in [1.54, 1.807) is 0 Å². The summed E-state index contributed by atoms with van der Waals surface area (Å²) in [4.78, 5) is 29.3. The largest absolute Gasteiger partial charge is 0.386 e. The minimum absolute atomic E-state index is 0.0154. The molecule has 0 spiro atoms. The van der Waals surface area contributed by atoms with E-state index in [0.29, 0.717) is 6.42 Å². The lowest BCUT2D eigenvalue weighted by atomic mass is 10.1. The summed E-state index contributed by atoms with van der Waals surface area (Å²) >= 11 is 0. The quantitative estimate of drug-likeness (QED) is 0.507. The molecule has 1 aliphatic heterocycles. The number of aromatic amines is 1. The lowest BCUT2D eigenvalue weighted by Crippen LogP contribution is -2.46. The molecule has 7 heteroatoms. The Morgan fingerprint density at radius 3 is 2.69 bits per heavy atom. The molecular weight excluding hydrogens is 400 g/mol. The van der Waals surface area contributed by atoms with Gasteiger partial charge < -0.3 is 15.2 Å². The maximum atomic E-state index is 12.1. The number of benzene rings is 1. The summed E-state index contributed by atoms with van der Waals surface area (Å²) in [5.41, 5.74) is 6.77. The predicted octanol–water partition coefficient (Wildman–Crippen LogP) is 3.40. The Bertz CT molecular complexity index is 1320. The van der Waals surface area contributed by atoms with Gasteiger partial charge in [0.15, 0.2) is 0 Å². The molecular formula is C25H28N6O. The molecule has 0 unspecified atom stereocenters. The Morgan fingerprint density at radius 2 is 1.91 bits per heavy atom. The molecule has 3 aromatic heterocycles. The topological polar surface area (TPSA) is 77.2 Å². The van der Waals surface area contributed by atoms with Crippen molar-refractivity contribution in [3.05, 3.63) is 70.3 Å². The van der Waals surface area contributed by atoms with Crippen molar-refractivity contribution >= 4 is 33.3 Å². The highest BCUT2D eigenvalue weighted by Gasteiger charge is 2.18. The molecule has 4 heterocycles. The number of aromatic nitrogens is 3. The molecule has 1 saturated heterocycles. The van der Waals surface area contributed by atoms with E-state index in [1.165, 1.54) is 5.69 Å². The first-order chi connectivity index (χ1) is 15.6. The first-order valence-corrected chi connectivity index (χ1v) is 11.2. The Morgan fingerprint density at radius 1 is 1.06 bits per heavy atom. The number of piperazine rings is 1. The van der Waals surface area contributed by atoms with E-state index in [4.69, 9.17) is 4.98 Å². The van der Waals surface area contributed by atoms with Crippen molar-refractivity contribution in [1.82, 2.24) is 19.9 Å². The number of anilines is 2. The van der Waals surface area contributed by atoms with Crippen molar-refractivity contribution in [2.45, 2.75) is 19.9 Å². The van der Waals surface area contributed by atoms with Crippen molar-refractivity contribution in [2.24, 2.45) is 0 Å². The molecule has 0 atom stereocenters. The summed E-state index contributed by atoms with van der Waals surface area (Å²) in [6, 6.07) is 12.4. The van der Waals surface area contributed by atoms with E-state index < -0.39 is 0 Å². The van der Waals surface area contributed by atoms with Crippen LogP contribution in [0.5, 0.6) is 0 Å². The second-order valence-electron chi connectivity index (χ2n) is 8.34. The van der Waals surface area contributed by atoms with Crippen LogP contribution in [0.25, 0.3) is 21.9 Å². The average molecular weight is 429 g/mol. The Balaban J connectivity index is 1.27. The number of rotatable bonds is 5. The van der Waals surface area contributed by atoms with Crippen LogP contribution < -0.4 is 15.8 Å². The van der Waals surface area contributed by atoms with Gasteiger partial charge in [-0.1, -0.05) is 19.1 Å². The lowest BCUT2D eigenvalue weighted by molar-refractivity contribution is 0.249. The first-order valence-electron chi connectivity index (χ1n) is 11.2. The third-order valence-electron chi connectivity index (χ3n) is 6.32. The van der Waals surface area contributed by atoms with Gasteiger partial charge in [-0.15, -0.1) is 0 Å². The molecule has 0 radical (unpaired) electrons. The van der Waals surface area contributed by atoms with Gasteiger partial charge in [-0.3, -0.25) is 19.7 Å². The molecule has 0 saturated carbocycles. The van der Waals surface area contributed by atoms with Crippen LogP contribution >= 0.6 is 0 Å². The van der Waals surface area contributed by atoms with Crippen molar-refractivity contribution in [3.8, 4) is 0 Å². The number of hydrogen-bond acceptors (Lipinski definition) is 6. The third kappa shape index (κ3) is 3.91. The minimum Gasteiger partial charge on any atom is -0.386 e. The fourth-order valence-corrected chi connectivity index (χ4v) is 4.46. The van der Waals surface area contributed by atoms with Crippen LogP contribution in [0.15, 0.2) is 53.6 Å². The predicted molar refractivity (Wildman–Crippen MR) is 131 cm³/mol. The summed E-state index contributed by atoms with van der Waals surface area (Å²) < 4.78 is 0. The second kappa shape index (κ2) is 8.59. The number of hydrogen-bond donors (Lipinski definition) is 2. The normalized spacial score (nSPS) is 14.9. The molecule has 1 fully saturated rings. The molecule has 5 rings (SSSR count). The van der Waals surface area contributed by atoms with Crippen LogP contribution in [0.1, 0.15) is 18.1 Å². The van der Waals surface area contributed by atoms with E-state index in [1.807, 2.05) is 38.5 Å². The number of para-hydroxylation sites is 1. The maximum Gasteiger partial charge on any atom is 0.251 e. The third-order valence-corrected chi connectivity index (χ3v) is 6.32. The van der Waals surface area contributed by atoms with Crippen molar-refractivity contribution in [3.63, 3.8) is 0 Å². The van der Waals surface area contributed by atoms with Crippen LogP contribution in [-0.2, 0) is 13.0 Å². The zero-order chi connectivity index (χ0) is 22.1. The molecule has 0 bridgehead atoms. The average Bonchev–Trinajstić information content (AvgIpc) is 2.83. The molecule has 4 aromatic rings. The molecule has 0 amide bonds. The molecule has 7 nitrogen and oxygen atoms in total. The Kier molecular flexibility index (Phi) is 5.49. The van der Waals surface area contributed by atoms with Gasteiger partial charge in [0, 0.05) is 56.9 Å². The van der Waals surface area contributed by atoms with E-state index in [2.05, 4.69) is 49.4 Å². The highest BCUT2D eigenvalue weighted by Crippen LogP contribution is 2.26. The van der Waals surface area contributed by atoms with E-state index in [0.717, 1.165) is 71.5 Å². The van der Waals surface area contributed by atoms with Gasteiger partial charge >= 0.3 is 0 Å². The summed E-state index contributed by atoms with van der Waals surface area (Å²) in [6.45, 7) is 6.66. The molecule has 2 N–H and O–H groups in total. The summed E-state index contributed by atoms with van der Waals surface area (Å²) in [5.74, 6) is 0. The monoisotopic (exact) mass is 428 g/mol. The number of aryl methyl sites for hydroxylation is 1. The van der Waals surface area contributed by atoms with Crippen molar-refractivity contribution in [1.29, 1.82) is 0 Å². The van der Waals surface area contributed by atoms with Gasteiger partial charge in [0.1, 0.15) is 0 Å². The number of fused-ring (bicyclic) bond motifs is 2. The maximum absolute atomic E-state index is 12.1. The van der Waals surface area contributed by atoms with Gasteiger partial charge in [0.2, 0.25) is 0 Å². The smallest absolute Gasteiger partial charge is 0.251 e. The van der Waals surface area contributed by atoms with Gasteiger partial charge in [-0.05, 0) is 36.2 Å². The van der Waals surface area contributed by atoms with Gasteiger partial charge in [0.25, 0.3) is 5.56 Å². The molecule has 1 aliphatic rings. The molecule has 0 aliphatic carbocycles.